The highest BCUT2D eigenvalue weighted by Crippen LogP contribution is 2.15. The molecule has 0 amide bonds. The molecule has 0 aliphatic rings. The zero-order valence-electron chi connectivity index (χ0n) is 9.11. The van der Waals surface area contributed by atoms with Gasteiger partial charge in [0.15, 0.2) is 0 Å². The van der Waals surface area contributed by atoms with Gasteiger partial charge in [0.2, 0.25) is 0 Å². The molecule has 3 heteroatoms. The van der Waals surface area contributed by atoms with Crippen molar-refractivity contribution in [3.05, 3.63) is 29.8 Å². The zero-order valence-corrected chi connectivity index (χ0v) is 9.87. The minimum absolute atomic E-state index is 0.121. The number of carbonyl (C=O) groups excluding carboxylic acids is 1. The van der Waals surface area contributed by atoms with Crippen molar-refractivity contribution in [2.24, 2.45) is 0 Å². The quantitative estimate of drug-likeness (QED) is 0.567. The van der Waals surface area contributed by atoms with Crippen LogP contribution in [0.1, 0.15) is 24.2 Å². The van der Waals surface area contributed by atoms with Crippen molar-refractivity contribution in [2.75, 3.05) is 18.0 Å². The van der Waals surface area contributed by atoms with Crippen LogP contribution < -0.4 is 4.90 Å². The first-order valence-electron chi connectivity index (χ1n) is 5.11. The normalized spacial score (nSPS) is 12.2. The van der Waals surface area contributed by atoms with E-state index in [9.17, 15) is 4.79 Å². The Balaban J connectivity index is 2.78. The highest BCUT2D eigenvalue weighted by atomic mass is 35.5. The number of rotatable bonds is 5. The summed E-state index contributed by atoms with van der Waals surface area (Å²) in [6.07, 6.45) is 0.851. The van der Waals surface area contributed by atoms with Crippen LogP contribution in [0, 0.1) is 0 Å². The summed E-state index contributed by atoms with van der Waals surface area (Å²) in [6, 6.07) is 7.55. The second-order valence-electron chi connectivity index (χ2n) is 3.53. The van der Waals surface area contributed by atoms with Crippen molar-refractivity contribution in [2.45, 2.75) is 19.2 Å². The number of alkyl halides is 1. The van der Waals surface area contributed by atoms with Crippen molar-refractivity contribution < 1.29 is 4.79 Å². The lowest BCUT2D eigenvalue weighted by molar-refractivity contribution is 0.112. The van der Waals surface area contributed by atoms with Crippen molar-refractivity contribution in [1.29, 1.82) is 0 Å². The van der Waals surface area contributed by atoms with Gasteiger partial charge in [-0.3, -0.25) is 4.79 Å². The predicted octanol–water partition coefficient (Wildman–Crippen LogP) is 2.95. The molecule has 0 heterocycles. The highest BCUT2D eigenvalue weighted by molar-refractivity contribution is 6.20. The molecule has 0 saturated carbocycles. The van der Waals surface area contributed by atoms with Gasteiger partial charge in [0.1, 0.15) is 6.29 Å². The lowest BCUT2D eigenvalue weighted by Gasteiger charge is -2.24. The molecule has 1 aromatic rings. The summed E-state index contributed by atoms with van der Waals surface area (Å²) in [5.74, 6) is 0. The molecule has 0 radical (unpaired) electrons. The van der Waals surface area contributed by atoms with Crippen molar-refractivity contribution in [3.8, 4) is 0 Å². The van der Waals surface area contributed by atoms with Crippen LogP contribution in [0.25, 0.3) is 0 Å². The number of nitrogens with zero attached hydrogens (tertiary/aromatic N) is 1. The van der Waals surface area contributed by atoms with E-state index in [1.54, 1.807) is 0 Å². The Morgan fingerprint density at radius 2 is 2.00 bits per heavy atom. The summed E-state index contributed by atoms with van der Waals surface area (Å²) < 4.78 is 0. The number of carbonyl (C=O) groups is 1. The van der Waals surface area contributed by atoms with E-state index in [4.69, 9.17) is 11.6 Å². The smallest absolute Gasteiger partial charge is 0.150 e. The first-order valence-corrected chi connectivity index (χ1v) is 5.55. The van der Waals surface area contributed by atoms with E-state index in [2.05, 4.69) is 11.8 Å². The Kier molecular flexibility index (Phi) is 4.63. The molecular weight excluding hydrogens is 210 g/mol. The molecule has 1 aromatic carbocycles. The fourth-order valence-corrected chi connectivity index (χ4v) is 1.65. The van der Waals surface area contributed by atoms with Crippen LogP contribution in [0.5, 0.6) is 0 Å². The molecule has 15 heavy (non-hydrogen) atoms. The fourth-order valence-electron chi connectivity index (χ4n) is 1.48. The summed E-state index contributed by atoms with van der Waals surface area (Å²) in [5.41, 5.74) is 1.81. The molecular formula is C12H16ClNO. The van der Waals surface area contributed by atoms with E-state index < -0.39 is 0 Å². The number of anilines is 1. The lowest BCUT2D eigenvalue weighted by atomic mass is 10.2. The standard InChI is InChI=1S/C12H16ClNO/c1-3-14(8-10(2)13)12-6-4-11(9-15)5-7-12/h4-7,9-10H,3,8H2,1-2H3. The second kappa shape index (κ2) is 5.76. The average molecular weight is 226 g/mol. The van der Waals surface area contributed by atoms with Gasteiger partial charge in [0.05, 0.1) is 0 Å². The van der Waals surface area contributed by atoms with Gasteiger partial charge in [0.25, 0.3) is 0 Å². The van der Waals surface area contributed by atoms with Gasteiger partial charge in [-0.15, -0.1) is 11.6 Å². The molecule has 1 rings (SSSR count). The van der Waals surface area contributed by atoms with E-state index in [1.165, 1.54) is 0 Å². The van der Waals surface area contributed by atoms with Gasteiger partial charge in [-0.05, 0) is 38.1 Å². The molecule has 0 spiro atoms. The third kappa shape index (κ3) is 3.56. The first-order chi connectivity index (χ1) is 7.17. The molecule has 82 valence electrons. The van der Waals surface area contributed by atoms with Crippen LogP contribution in [-0.4, -0.2) is 24.8 Å². The fraction of sp³-hybridized carbons (Fsp3) is 0.417. The van der Waals surface area contributed by atoms with Crippen LogP contribution >= 0.6 is 11.6 Å². The average Bonchev–Trinajstić information content (AvgIpc) is 2.26. The molecule has 0 fully saturated rings. The largest absolute Gasteiger partial charge is 0.370 e. The van der Waals surface area contributed by atoms with Gasteiger partial charge in [-0.1, -0.05) is 0 Å². The maximum atomic E-state index is 10.5. The molecule has 0 aromatic heterocycles. The number of hydrogen-bond acceptors (Lipinski definition) is 2. The van der Waals surface area contributed by atoms with Crippen molar-refractivity contribution in [3.63, 3.8) is 0 Å². The summed E-state index contributed by atoms with van der Waals surface area (Å²) >= 11 is 5.96. The van der Waals surface area contributed by atoms with Gasteiger partial charge in [-0.2, -0.15) is 0 Å². The maximum absolute atomic E-state index is 10.5. The third-order valence-electron chi connectivity index (χ3n) is 2.25. The molecule has 0 aliphatic carbocycles. The van der Waals surface area contributed by atoms with Crippen LogP contribution in [0.2, 0.25) is 0 Å². The van der Waals surface area contributed by atoms with Crippen LogP contribution in [0.4, 0.5) is 5.69 Å². The Hall–Kier alpha value is -1.02. The predicted molar refractivity (Wildman–Crippen MR) is 65.0 cm³/mol. The van der Waals surface area contributed by atoms with Crippen LogP contribution in [0.15, 0.2) is 24.3 Å². The zero-order chi connectivity index (χ0) is 11.3. The first kappa shape index (κ1) is 12.1. The third-order valence-corrected chi connectivity index (χ3v) is 2.39. The Bertz CT molecular complexity index is 308. The topological polar surface area (TPSA) is 20.3 Å². The van der Waals surface area contributed by atoms with Crippen LogP contribution in [-0.2, 0) is 0 Å². The Morgan fingerprint density at radius 1 is 1.40 bits per heavy atom. The molecule has 1 unspecified atom stereocenters. The Morgan fingerprint density at radius 3 is 2.40 bits per heavy atom. The lowest BCUT2D eigenvalue weighted by Crippen LogP contribution is -2.28. The van der Waals surface area contributed by atoms with Crippen LogP contribution in [0.3, 0.4) is 0 Å². The minimum atomic E-state index is 0.121. The number of hydrogen-bond donors (Lipinski definition) is 0. The Labute approximate surface area is 95.8 Å². The van der Waals surface area contributed by atoms with E-state index in [-0.39, 0.29) is 5.38 Å². The monoisotopic (exact) mass is 225 g/mol. The summed E-state index contributed by atoms with van der Waals surface area (Å²) in [4.78, 5) is 12.7. The summed E-state index contributed by atoms with van der Waals surface area (Å²) in [7, 11) is 0. The summed E-state index contributed by atoms with van der Waals surface area (Å²) in [5, 5.41) is 0.121. The van der Waals surface area contributed by atoms with E-state index in [1.807, 2.05) is 31.2 Å². The molecule has 0 bridgehead atoms. The molecule has 0 saturated heterocycles. The van der Waals surface area contributed by atoms with Gasteiger partial charge < -0.3 is 4.90 Å². The minimum Gasteiger partial charge on any atom is -0.370 e. The molecule has 2 nitrogen and oxygen atoms in total. The van der Waals surface area contributed by atoms with Gasteiger partial charge in [0, 0.05) is 29.7 Å². The number of benzene rings is 1. The number of halogens is 1. The summed E-state index contributed by atoms with van der Waals surface area (Å²) in [6.45, 7) is 5.80. The SMILES string of the molecule is CCN(CC(C)Cl)c1ccc(C=O)cc1. The maximum Gasteiger partial charge on any atom is 0.150 e. The van der Waals surface area contributed by atoms with Crippen molar-refractivity contribution in [1.82, 2.24) is 0 Å². The van der Waals surface area contributed by atoms with Gasteiger partial charge >= 0.3 is 0 Å². The van der Waals surface area contributed by atoms with E-state index in [0.29, 0.717) is 5.56 Å². The highest BCUT2D eigenvalue weighted by Gasteiger charge is 2.06. The molecule has 1 atom stereocenters. The molecule has 0 N–H and O–H groups in total. The van der Waals surface area contributed by atoms with E-state index >= 15 is 0 Å². The second-order valence-corrected chi connectivity index (χ2v) is 4.27. The number of aldehydes is 1. The van der Waals surface area contributed by atoms with Crippen molar-refractivity contribution >= 4 is 23.6 Å². The van der Waals surface area contributed by atoms with E-state index in [0.717, 1.165) is 25.1 Å². The van der Waals surface area contributed by atoms with Gasteiger partial charge in [-0.25, -0.2) is 0 Å². The molecule has 0 aliphatic heterocycles.